The van der Waals surface area contributed by atoms with E-state index in [-0.39, 0.29) is 24.2 Å². The van der Waals surface area contributed by atoms with Gasteiger partial charge in [-0.1, -0.05) is 20.8 Å². The van der Waals surface area contributed by atoms with Gasteiger partial charge in [0.25, 0.3) is 0 Å². The Morgan fingerprint density at radius 2 is 2.11 bits per heavy atom. The molecule has 0 bridgehead atoms. The summed E-state index contributed by atoms with van der Waals surface area (Å²) in [4.78, 5) is 22.7. The van der Waals surface area contributed by atoms with Crippen LogP contribution in [0.5, 0.6) is 0 Å². The lowest BCUT2D eigenvalue weighted by atomic mass is 10.0. The summed E-state index contributed by atoms with van der Waals surface area (Å²) in [5.74, 6) is -0.819. The third-order valence-electron chi connectivity index (χ3n) is 2.95. The van der Waals surface area contributed by atoms with Gasteiger partial charge in [-0.15, -0.1) is 0 Å². The molecule has 0 radical (unpaired) electrons. The minimum atomic E-state index is -1.02. The average Bonchev–Trinajstić information content (AvgIpc) is 2.73. The van der Waals surface area contributed by atoms with Crippen LogP contribution in [0.3, 0.4) is 0 Å². The Hall–Kier alpha value is -1.78. The summed E-state index contributed by atoms with van der Waals surface area (Å²) in [6.45, 7) is 6.15. The molecule has 2 N–H and O–H groups in total. The first-order valence-electron chi connectivity index (χ1n) is 6.13. The molecule has 0 saturated heterocycles. The third kappa shape index (κ3) is 3.61. The van der Waals surface area contributed by atoms with Crippen molar-refractivity contribution >= 4 is 11.9 Å². The van der Waals surface area contributed by atoms with Crippen molar-refractivity contribution in [2.45, 2.75) is 39.8 Å². The van der Waals surface area contributed by atoms with Crippen LogP contribution in [0.1, 0.15) is 37.7 Å². The highest BCUT2D eigenvalue weighted by molar-refractivity contribution is 5.86. The Bertz CT molecular complexity index is 424. The number of rotatable bonds is 6. The normalized spacial score (nSPS) is 12.4. The number of aromatic nitrogens is 1. The van der Waals surface area contributed by atoms with E-state index in [4.69, 9.17) is 5.11 Å². The summed E-state index contributed by atoms with van der Waals surface area (Å²) < 4.78 is 1.44. The molecule has 0 aliphatic carbocycles. The van der Waals surface area contributed by atoms with Crippen molar-refractivity contribution in [1.82, 2.24) is 9.88 Å². The highest BCUT2D eigenvalue weighted by Crippen LogP contribution is 2.06. The molecule has 1 heterocycles. The fourth-order valence-corrected chi connectivity index (χ4v) is 1.89. The molecule has 1 atom stereocenters. The molecule has 1 aromatic heterocycles. The number of carbonyl (C=O) groups excluding carboxylic acids is 1. The lowest BCUT2D eigenvalue weighted by molar-refractivity contribution is -0.122. The molecule has 18 heavy (non-hydrogen) atoms. The molecule has 0 fully saturated rings. The van der Waals surface area contributed by atoms with Gasteiger partial charge in [-0.05, 0) is 24.5 Å². The lowest BCUT2D eigenvalue weighted by Gasteiger charge is -2.21. The number of amides is 1. The summed E-state index contributed by atoms with van der Waals surface area (Å²) in [5.41, 5.74) is 0.128. The topological polar surface area (TPSA) is 71.3 Å². The van der Waals surface area contributed by atoms with Crippen molar-refractivity contribution in [2.24, 2.45) is 5.92 Å². The minimum Gasteiger partial charge on any atom is -0.477 e. The zero-order valence-corrected chi connectivity index (χ0v) is 11.0. The molecule has 1 rings (SSSR count). The standard InChI is InChI=1S/C13H20N2O3/c1-4-10(9(2)3)14-12(16)8-15-7-5-6-11(15)13(17)18/h5-7,9-10H,4,8H2,1-3H3,(H,14,16)(H,17,18). The van der Waals surface area contributed by atoms with E-state index in [9.17, 15) is 9.59 Å². The zero-order chi connectivity index (χ0) is 13.7. The SMILES string of the molecule is CCC(NC(=O)Cn1cccc1C(=O)O)C(C)C. The number of nitrogens with one attached hydrogen (secondary N) is 1. The summed E-state index contributed by atoms with van der Waals surface area (Å²) in [6.07, 6.45) is 2.46. The smallest absolute Gasteiger partial charge is 0.352 e. The van der Waals surface area contributed by atoms with Crippen LogP contribution in [0.15, 0.2) is 18.3 Å². The van der Waals surface area contributed by atoms with Crippen LogP contribution >= 0.6 is 0 Å². The predicted octanol–water partition coefficient (Wildman–Crippen LogP) is 1.74. The second-order valence-corrected chi connectivity index (χ2v) is 4.65. The van der Waals surface area contributed by atoms with E-state index >= 15 is 0 Å². The van der Waals surface area contributed by atoms with E-state index in [0.717, 1.165) is 6.42 Å². The van der Waals surface area contributed by atoms with Crippen molar-refractivity contribution in [1.29, 1.82) is 0 Å². The van der Waals surface area contributed by atoms with Crippen molar-refractivity contribution in [2.75, 3.05) is 0 Å². The van der Waals surface area contributed by atoms with Crippen molar-refractivity contribution in [3.63, 3.8) is 0 Å². The molecule has 1 aromatic rings. The number of carboxylic acid groups (broad SMARTS) is 1. The van der Waals surface area contributed by atoms with Gasteiger partial charge in [-0.3, -0.25) is 4.79 Å². The predicted molar refractivity (Wildman–Crippen MR) is 68.5 cm³/mol. The fraction of sp³-hybridized carbons (Fsp3) is 0.538. The van der Waals surface area contributed by atoms with Gasteiger partial charge in [0.1, 0.15) is 12.2 Å². The van der Waals surface area contributed by atoms with Crippen LogP contribution < -0.4 is 5.32 Å². The van der Waals surface area contributed by atoms with Gasteiger partial charge in [0, 0.05) is 12.2 Å². The van der Waals surface area contributed by atoms with Gasteiger partial charge in [0.05, 0.1) is 0 Å². The van der Waals surface area contributed by atoms with Crippen LogP contribution in [0.25, 0.3) is 0 Å². The Balaban J connectivity index is 2.64. The molecular weight excluding hydrogens is 232 g/mol. The van der Waals surface area contributed by atoms with Crippen molar-refractivity contribution < 1.29 is 14.7 Å². The second-order valence-electron chi connectivity index (χ2n) is 4.65. The van der Waals surface area contributed by atoms with Gasteiger partial charge in [0.2, 0.25) is 5.91 Å². The van der Waals surface area contributed by atoms with Gasteiger partial charge < -0.3 is 15.0 Å². The Labute approximate surface area is 107 Å². The van der Waals surface area contributed by atoms with Gasteiger partial charge in [-0.2, -0.15) is 0 Å². The van der Waals surface area contributed by atoms with Gasteiger partial charge in [0.15, 0.2) is 0 Å². The zero-order valence-electron chi connectivity index (χ0n) is 11.0. The van der Waals surface area contributed by atoms with E-state index in [1.807, 2.05) is 20.8 Å². The maximum atomic E-state index is 11.8. The van der Waals surface area contributed by atoms with E-state index in [0.29, 0.717) is 5.92 Å². The molecule has 0 saturated carbocycles. The number of carbonyl (C=O) groups is 2. The molecule has 100 valence electrons. The summed E-state index contributed by atoms with van der Waals surface area (Å²) in [7, 11) is 0. The van der Waals surface area contributed by atoms with Crippen LogP contribution in [-0.4, -0.2) is 27.6 Å². The summed E-state index contributed by atoms with van der Waals surface area (Å²) in [6, 6.07) is 3.23. The van der Waals surface area contributed by atoms with Crippen molar-refractivity contribution in [3.05, 3.63) is 24.0 Å². The second kappa shape index (κ2) is 6.23. The Morgan fingerprint density at radius 1 is 1.44 bits per heavy atom. The van der Waals surface area contributed by atoms with Crippen LogP contribution in [0, 0.1) is 5.92 Å². The molecular formula is C13H20N2O3. The summed E-state index contributed by atoms with van der Waals surface area (Å²) >= 11 is 0. The molecule has 0 spiro atoms. The first kappa shape index (κ1) is 14.3. The quantitative estimate of drug-likeness (QED) is 0.810. The number of hydrogen-bond donors (Lipinski definition) is 2. The Kier molecular flexibility index (Phi) is 4.95. The monoisotopic (exact) mass is 252 g/mol. The number of hydrogen-bond acceptors (Lipinski definition) is 2. The first-order valence-corrected chi connectivity index (χ1v) is 6.13. The summed E-state index contributed by atoms with van der Waals surface area (Å²) in [5, 5.41) is 11.8. The van der Waals surface area contributed by atoms with Gasteiger partial charge in [-0.25, -0.2) is 4.79 Å². The molecule has 1 unspecified atom stereocenters. The van der Waals surface area contributed by atoms with Crippen LogP contribution in [-0.2, 0) is 11.3 Å². The first-order chi connectivity index (χ1) is 8.45. The maximum absolute atomic E-state index is 11.8. The van der Waals surface area contributed by atoms with Crippen LogP contribution in [0.2, 0.25) is 0 Å². The number of aromatic carboxylic acids is 1. The third-order valence-corrected chi connectivity index (χ3v) is 2.95. The van der Waals surface area contributed by atoms with E-state index in [1.165, 1.54) is 10.6 Å². The minimum absolute atomic E-state index is 0.0395. The van der Waals surface area contributed by atoms with E-state index < -0.39 is 5.97 Å². The number of nitrogens with zero attached hydrogens (tertiary/aromatic N) is 1. The lowest BCUT2D eigenvalue weighted by Crippen LogP contribution is -2.40. The molecule has 0 aromatic carbocycles. The molecule has 0 aliphatic rings. The molecule has 1 amide bonds. The highest BCUT2D eigenvalue weighted by atomic mass is 16.4. The molecule has 5 nitrogen and oxygen atoms in total. The maximum Gasteiger partial charge on any atom is 0.352 e. The van der Waals surface area contributed by atoms with Gasteiger partial charge >= 0.3 is 5.97 Å². The average molecular weight is 252 g/mol. The molecule has 0 aliphatic heterocycles. The largest absolute Gasteiger partial charge is 0.477 e. The van der Waals surface area contributed by atoms with Crippen molar-refractivity contribution in [3.8, 4) is 0 Å². The number of carboxylic acids is 1. The highest BCUT2D eigenvalue weighted by Gasteiger charge is 2.16. The Morgan fingerprint density at radius 3 is 2.61 bits per heavy atom. The van der Waals surface area contributed by atoms with E-state index in [1.54, 1.807) is 12.3 Å². The van der Waals surface area contributed by atoms with E-state index in [2.05, 4.69) is 5.32 Å². The fourth-order valence-electron chi connectivity index (χ4n) is 1.89. The molecule has 5 heteroatoms. The van der Waals surface area contributed by atoms with Crippen LogP contribution in [0.4, 0.5) is 0 Å².